The van der Waals surface area contributed by atoms with Gasteiger partial charge in [-0.3, -0.25) is 10.3 Å². The van der Waals surface area contributed by atoms with Crippen LogP contribution in [-0.2, 0) is 0 Å². The molecule has 0 saturated carbocycles. The summed E-state index contributed by atoms with van der Waals surface area (Å²) in [6, 6.07) is 8.98. The minimum absolute atomic E-state index is 0.218. The Morgan fingerprint density at radius 1 is 1.26 bits per heavy atom. The number of nitrogens with one attached hydrogen (secondary N) is 1. The first-order valence-corrected chi connectivity index (χ1v) is 6.53. The van der Waals surface area contributed by atoms with Crippen LogP contribution < -0.4 is 10.1 Å². The Morgan fingerprint density at radius 3 is 2.42 bits per heavy atom. The van der Waals surface area contributed by atoms with Gasteiger partial charge in [0.25, 0.3) is 0 Å². The van der Waals surface area contributed by atoms with Crippen molar-refractivity contribution in [1.29, 1.82) is 0 Å². The van der Waals surface area contributed by atoms with E-state index in [2.05, 4.69) is 10.3 Å². The second-order valence-corrected chi connectivity index (χ2v) is 5.31. The Labute approximate surface area is 114 Å². The van der Waals surface area contributed by atoms with E-state index >= 15 is 0 Å². The molecule has 0 fully saturated rings. The molecule has 0 aliphatic heterocycles. The highest BCUT2D eigenvalue weighted by Gasteiger charge is 2.12. The first-order chi connectivity index (χ1) is 8.90. The van der Waals surface area contributed by atoms with Crippen molar-refractivity contribution in [2.24, 2.45) is 4.99 Å². The fourth-order valence-corrected chi connectivity index (χ4v) is 1.53. The molecule has 4 nitrogen and oxygen atoms in total. The van der Waals surface area contributed by atoms with Gasteiger partial charge in [0, 0.05) is 6.42 Å². The molecule has 1 N–H and O–H groups in total. The number of nitrogens with zero attached hydrogens (tertiary/aromatic N) is 1. The van der Waals surface area contributed by atoms with E-state index in [4.69, 9.17) is 4.74 Å². The molecule has 0 aliphatic rings. The summed E-state index contributed by atoms with van der Waals surface area (Å²) < 4.78 is 5.17. The van der Waals surface area contributed by atoms with E-state index in [0.717, 1.165) is 12.8 Å². The predicted molar refractivity (Wildman–Crippen MR) is 77.7 cm³/mol. The summed E-state index contributed by atoms with van der Waals surface area (Å²) in [7, 11) is 0. The fraction of sp³-hybridized carbons (Fsp3) is 0.467. The number of carbonyl (C=O) groups excluding carboxylic acids is 1. The molecule has 0 aromatic heterocycles. The summed E-state index contributed by atoms with van der Waals surface area (Å²) in [5, 5.41) is 2.71. The van der Waals surface area contributed by atoms with Crippen molar-refractivity contribution in [1.82, 2.24) is 5.32 Å². The quantitative estimate of drug-likeness (QED) is 0.666. The standard InChI is InChI=1S/C15H22N2O2/c1-5-9-13(17-15(2,3)4)16-14(18)19-12-10-7-6-8-11-12/h6-8,10-11H,5,9H2,1-4H3,(H,16,17,18). The number of hydrogen-bond donors (Lipinski definition) is 1. The largest absolute Gasteiger partial charge is 0.418 e. The lowest BCUT2D eigenvalue weighted by molar-refractivity contribution is 0.205. The van der Waals surface area contributed by atoms with Crippen LogP contribution in [0.1, 0.15) is 40.5 Å². The smallest absolute Gasteiger partial charge is 0.410 e. The molecule has 0 saturated heterocycles. The summed E-state index contributed by atoms with van der Waals surface area (Å²) in [5.41, 5.74) is -0.218. The molecule has 1 aromatic carbocycles. The number of ether oxygens (including phenoxy) is 1. The van der Waals surface area contributed by atoms with Gasteiger partial charge in [0.15, 0.2) is 0 Å². The lowest BCUT2D eigenvalue weighted by Gasteiger charge is -2.16. The molecular formula is C15H22N2O2. The molecule has 1 aromatic rings. The lowest BCUT2D eigenvalue weighted by Crippen LogP contribution is -2.34. The summed E-state index contributed by atoms with van der Waals surface area (Å²) in [6.07, 6.45) is 1.14. The van der Waals surface area contributed by atoms with Crippen LogP contribution in [0, 0.1) is 0 Å². The predicted octanol–water partition coefficient (Wildman–Crippen LogP) is 3.77. The van der Waals surface area contributed by atoms with Gasteiger partial charge in [-0.05, 0) is 39.3 Å². The Kier molecular flexibility index (Phi) is 5.55. The number of benzene rings is 1. The second-order valence-electron chi connectivity index (χ2n) is 5.31. The summed E-state index contributed by atoms with van der Waals surface area (Å²) >= 11 is 0. The van der Waals surface area contributed by atoms with Gasteiger partial charge in [-0.25, -0.2) is 4.79 Å². The van der Waals surface area contributed by atoms with Crippen LogP contribution >= 0.6 is 0 Å². The number of rotatable bonds is 3. The van der Waals surface area contributed by atoms with E-state index in [1.165, 1.54) is 0 Å². The number of hydrogen-bond acceptors (Lipinski definition) is 3. The monoisotopic (exact) mass is 262 g/mol. The van der Waals surface area contributed by atoms with Gasteiger partial charge in [-0.15, -0.1) is 0 Å². The highest BCUT2D eigenvalue weighted by Crippen LogP contribution is 2.10. The molecule has 0 bridgehead atoms. The Bertz CT molecular complexity index is 433. The maximum Gasteiger partial charge on any atom is 0.418 e. The van der Waals surface area contributed by atoms with E-state index in [1.54, 1.807) is 12.1 Å². The lowest BCUT2D eigenvalue weighted by atomic mass is 10.1. The minimum atomic E-state index is -0.498. The molecular weight excluding hydrogens is 240 g/mol. The van der Waals surface area contributed by atoms with Crippen LogP contribution in [0.2, 0.25) is 0 Å². The minimum Gasteiger partial charge on any atom is -0.410 e. The van der Waals surface area contributed by atoms with E-state index in [1.807, 2.05) is 45.9 Å². The summed E-state index contributed by atoms with van der Waals surface area (Å²) in [4.78, 5) is 16.3. The van der Waals surface area contributed by atoms with Crippen molar-refractivity contribution in [3.05, 3.63) is 30.3 Å². The van der Waals surface area contributed by atoms with Crippen molar-refractivity contribution < 1.29 is 9.53 Å². The number of carbonyl (C=O) groups is 1. The Morgan fingerprint density at radius 2 is 1.89 bits per heavy atom. The Hall–Kier alpha value is -1.84. The SMILES string of the molecule is CCCC(=NC(C)(C)C)NC(=O)Oc1ccccc1. The van der Waals surface area contributed by atoms with Crippen LogP contribution in [0.4, 0.5) is 4.79 Å². The van der Waals surface area contributed by atoms with E-state index in [0.29, 0.717) is 11.6 Å². The van der Waals surface area contributed by atoms with E-state index in [-0.39, 0.29) is 5.54 Å². The molecule has 0 aliphatic carbocycles. The molecule has 19 heavy (non-hydrogen) atoms. The van der Waals surface area contributed by atoms with Gasteiger partial charge in [-0.1, -0.05) is 25.1 Å². The maximum absolute atomic E-state index is 11.8. The normalized spacial score (nSPS) is 12.1. The van der Waals surface area contributed by atoms with Crippen LogP contribution in [0.3, 0.4) is 0 Å². The third kappa shape index (κ3) is 6.60. The van der Waals surface area contributed by atoms with Crippen molar-refractivity contribution in [3.8, 4) is 5.75 Å². The second kappa shape index (κ2) is 6.92. The van der Waals surface area contributed by atoms with Gasteiger partial charge >= 0.3 is 6.09 Å². The Balaban J connectivity index is 2.64. The molecule has 0 heterocycles. The zero-order chi connectivity index (χ0) is 14.3. The molecule has 0 atom stereocenters. The number of para-hydroxylation sites is 1. The first-order valence-electron chi connectivity index (χ1n) is 6.53. The molecule has 104 valence electrons. The van der Waals surface area contributed by atoms with Crippen LogP contribution in [-0.4, -0.2) is 17.5 Å². The van der Waals surface area contributed by atoms with E-state index < -0.39 is 6.09 Å². The average molecular weight is 262 g/mol. The third-order valence-electron chi connectivity index (χ3n) is 2.16. The summed E-state index contributed by atoms with van der Waals surface area (Å²) in [6.45, 7) is 8.02. The van der Waals surface area contributed by atoms with Crippen molar-refractivity contribution >= 4 is 11.9 Å². The first kappa shape index (κ1) is 15.2. The zero-order valence-corrected chi connectivity index (χ0v) is 12.1. The van der Waals surface area contributed by atoms with Crippen molar-refractivity contribution in [3.63, 3.8) is 0 Å². The third-order valence-corrected chi connectivity index (χ3v) is 2.16. The highest BCUT2D eigenvalue weighted by atomic mass is 16.6. The molecule has 1 rings (SSSR count). The average Bonchev–Trinajstić information content (AvgIpc) is 2.28. The zero-order valence-electron chi connectivity index (χ0n) is 12.1. The van der Waals surface area contributed by atoms with Gasteiger partial charge in [-0.2, -0.15) is 0 Å². The van der Waals surface area contributed by atoms with E-state index in [9.17, 15) is 4.79 Å². The summed E-state index contributed by atoms with van der Waals surface area (Å²) in [5.74, 6) is 1.18. The number of amides is 1. The molecule has 0 spiro atoms. The van der Waals surface area contributed by atoms with Crippen LogP contribution in [0.25, 0.3) is 0 Å². The number of aliphatic imine (C=N–C) groups is 1. The van der Waals surface area contributed by atoms with Gasteiger partial charge in [0.2, 0.25) is 0 Å². The highest BCUT2D eigenvalue weighted by molar-refractivity contribution is 5.96. The molecule has 4 heteroatoms. The van der Waals surface area contributed by atoms with Gasteiger partial charge in [0.05, 0.1) is 5.54 Å². The molecule has 0 radical (unpaired) electrons. The number of amidine groups is 1. The topological polar surface area (TPSA) is 50.7 Å². The van der Waals surface area contributed by atoms with Gasteiger partial charge < -0.3 is 4.74 Å². The van der Waals surface area contributed by atoms with Crippen molar-refractivity contribution in [2.75, 3.05) is 0 Å². The fourth-order valence-electron chi connectivity index (χ4n) is 1.53. The molecule has 0 unspecified atom stereocenters. The maximum atomic E-state index is 11.8. The van der Waals surface area contributed by atoms with Crippen LogP contribution in [0.5, 0.6) is 5.75 Å². The molecule has 1 amide bonds. The van der Waals surface area contributed by atoms with Crippen LogP contribution in [0.15, 0.2) is 35.3 Å². The van der Waals surface area contributed by atoms with Crippen molar-refractivity contribution in [2.45, 2.75) is 46.1 Å². The van der Waals surface area contributed by atoms with Gasteiger partial charge in [0.1, 0.15) is 11.6 Å².